The Morgan fingerprint density at radius 3 is 2.15 bits per heavy atom. The van der Waals surface area contributed by atoms with Crippen LogP contribution >= 0.6 is 22.6 Å². The molecule has 2 amide bonds. The van der Waals surface area contributed by atoms with Crippen LogP contribution in [-0.2, 0) is 0 Å². The molecule has 0 fully saturated rings. The van der Waals surface area contributed by atoms with Crippen molar-refractivity contribution in [1.29, 1.82) is 0 Å². The first-order valence-electron chi connectivity index (χ1n) is 8.15. The lowest BCUT2D eigenvalue weighted by Crippen LogP contribution is -2.41. The second-order valence-electron chi connectivity index (χ2n) is 5.62. The molecule has 0 saturated heterocycles. The summed E-state index contributed by atoms with van der Waals surface area (Å²) in [6, 6.07) is 11.8. The molecule has 2 aromatic rings. The van der Waals surface area contributed by atoms with Gasteiger partial charge in [0.25, 0.3) is 11.8 Å². The quantitative estimate of drug-likeness (QED) is 0.503. The van der Waals surface area contributed by atoms with Crippen LogP contribution in [0.3, 0.4) is 0 Å². The summed E-state index contributed by atoms with van der Waals surface area (Å²) in [5, 5.41) is 0. The Morgan fingerprint density at radius 2 is 1.62 bits per heavy atom. The summed E-state index contributed by atoms with van der Waals surface area (Å²) < 4.78 is 11.6. The van der Waals surface area contributed by atoms with Crippen molar-refractivity contribution in [2.75, 3.05) is 7.11 Å². The first-order chi connectivity index (χ1) is 12.4. The lowest BCUT2D eigenvalue weighted by Gasteiger charge is -2.13. The van der Waals surface area contributed by atoms with Gasteiger partial charge >= 0.3 is 0 Å². The Morgan fingerprint density at radius 1 is 1.04 bits per heavy atom. The smallest absolute Gasteiger partial charge is 0.269 e. The Bertz CT molecular complexity index is 778. The number of methoxy groups -OCH3 is 1. The highest BCUT2D eigenvalue weighted by atomic mass is 127. The molecule has 2 rings (SSSR count). The van der Waals surface area contributed by atoms with Gasteiger partial charge in [-0.1, -0.05) is 6.92 Å². The highest BCUT2D eigenvalue weighted by Crippen LogP contribution is 2.21. The van der Waals surface area contributed by atoms with Crippen LogP contribution in [0.25, 0.3) is 0 Å². The third kappa shape index (κ3) is 5.35. The Labute approximate surface area is 166 Å². The first kappa shape index (κ1) is 20.0. The van der Waals surface area contributed by atoms with Crippen LogP contribution in [0.1, 0.15) is 41.0 Å². The number of amides is 2. The standard InChI is InChI=1S/C19H21IN2O4/c1-4-12(2)26-15-8-5-13(6-9-15)18(23)21-22-19(24)14-7-10-17(25-3)16(20)11-14/h5-12H,4H2,1-3H3,(H,21,23)(H,22,24). The second-order valence-corrected chi connectivity index (χ2v) is 6.78. The van der Waals surface area contributed by atoms with Crippen molar-refractivity contribution < 1.29 is 19.1 Å². The van der Waals surface area contributed by atoms with Gasteiger partial charge in [0.1, 0.15) is 11.5 Å². The van der Waals surface area contributed by atoms with Crippen molar-refractivity contribution in [2.45, 2.75) is 26.4 Å². The molecule has 7 heteroatoms. The third-order valence-electron chi connectivity index (χ3n) is 3.73. The number of nitrogens with one attached hydrogen (secondary N) is 2. The van der Waals surface area contributed by atoms with E-state index in [0.717, 1.165) is 9.99 Å². The van der Waals surface area contributed by atoms with Crippen LogP contribution in [0.4, 0.5) is 0 Å². The number of halogens is 1. The lowest BCUT2D eigenvalue weighted by molar-refractivity contribution is 0.0846. The molecule has 1 atom stereocenters. The predicted molar refractivity (Wildman–Crippen MR) is 107 cm³/mol. The summed E-state index contributed by atoms with van der Waals surface area (Å²) in [6.07, 6.45) is 1.01. The van der Waals surface area contributed by atoms with Gasteiger partial charge in [-0.3, -0.25) is 20.4 Å². The molecule has 0 spiro atoms. The number of carbonyl (C=O) groups is 2. The SMILES string of the molecule is CCC(C)Oc1ccc(C(=O)NNC(=O)c2ccc(OC)c(I)c2)cc1. The van der Waals surface area contributed by atoms with Gasteiger partial charge in [-0.05, 0) is 78.4 Å². The maximum atomic E-state index is 12.2. The van der Waals surface area contributed by atoms with E-state index in [1.165, 1.54) is 0 Å². The van der Waals surface area contributed by atoms with E-state index < -0.39 is 11.8 Å². The topological polar surface area (TPSA) is 76.7 Å². The molecule has 2 N–H and O–H groups in total. The minimum absolute atomic E-state index is 0.112. The Balaban J connectivity index is 1.93. The number of carbonyl (C=O) groups excluding carboxylic acids is 2. The summed E-state index contributed by atoms with van der Waals surface area (Å²) in [6.45, 7) is 4.02. The van der Waals surface area contributed by atoms with Crippen LogP contribution in [-0.4, -0.2) is 25.0 Å². The molecule has 26 heavy (non-hydrogen) atoms. The first-order valence-corrected chi connectivity index (χ1v) is 9.23. The molecule has 0 radical (unpaired) electrons. The maximum Gasteiger partial charge on any atom is 0.269 e. The van der Waals surface area contributed by atoms with Gasteiger partial charge in [0, 0.05) is 11.1 Å². The molecule has 0 bridgehead atoms. The van der Waals surface area contributed by atoms with Gasteiger partial charge in [-0.15, -0.1) is 0 Å². The van der Waals surface area contributed by atoms with E-state index in [2.05, 4.69) is 33.4 Å². The molecule has 0 aliphatic rings. The van der Waals surface area contributed by atoms with Gasteiger partial charge in [0.2, 0.25) is 0 Å². The summed E-state index contributed by atoms with van der Waals surface area (Å²) in [5.74, 6) is 0.575. The fourth-order valence-electron chi connectivity index (χ4n) is 2.07. The molecule has 2 aromatic carbocycles. The highest BCUT2D eigenvalue weighted by Gasteiger charge is 2.11. The second kappa shape index (κ2) is 9.42. The number of hydrogen-bond donors (Lipinski definition) is 2. The number of hydrazine groups is 1. The normalized spacial score (nSPS) is 11.4. The number of rotatable bonds is 6. The van der Waals surface area contributed by atoms with Crippen molar-refractivity contribution in [2.24, 2.45) is 0 Å². The van der Waals surface area contributed by atoms with Crippen molar-refractivity contribution in [3.05, 3.63) is 57.2 Å². The molecule has 0 heterocycles. The number of ether oxygens (including phenoxy) is 2. The monoisotopic (exact) mass is 468 g/mol. The highest BCUT2D eigenvalue weighted by molar-refractivity contribution is 14.1. The van der Waals surface area contributed by atoms with E-state index in [-0.39, 0.29) is 6.10 Å². The average molecular weight is 468 g/mol. The molecule has 1 unspecified atom stereocenters. The minimum Gasteiger partial charge on any atom is -0.496 e. The predicted octanol–water partition coefficient (Wildman–Crippen LogP) is 3.55. The Hall–Kier alpha value is -2.29. The molecule has 0 saturated carbocycles. The molecule has 0 aliphatic carbocycles. The molecule has 0 aromatic heterocycles. The molecular formula is C19H21IN2O4. The van der Waals surface area contributed by atoms with Crippen molar-refractivity contribution in [3.8, 4) is 11.5 Å². The molecular weight excluding hydrogens is 447 g/mol. The zero-order valence-electron chi connectivity index (χ0n) is 14.8. The minimum atomic E-state index is -0.407. The van der Waals surface area contributed by atoms with E-state index in [4.69, 9.17) is 9.47 Å². The Kier molecular flexibility index (Phi) is 7.26. The number of benzene rings is 2. The van der Waals surface area contributed by atoms with Crippen molar-refractivity contribution in [1.82, 2.24) is 10.9 Å². The molecule has 138 valence electrons. The molecule has 6 nitrogen and oxygen atoms in total. The average Bonchev–Trinajstić information content (AvgIpc) is 2.66. The fourth-order valence-corrected chi connectivity index (χ4v) is 2.80. The van der Waals surface area contributed by atoms with Gasteiger partial charge in [-0.25, -0.2) is 0 Å². The van der Waals surface area contributed by atoms with Crippen LogP contribution in [0.2, 0.25) is 0 Å². The van der Waals surface area contributed by atoms with Gasteiger partial charge in [0.05, 0.1) is 16.8 Å². The third-order valence-corrected chi connectivity index (χ3v) is 4.58. The lowest BCUT2D eigenvalue weighted by atomic mass is 10.2. The molecule has 0 aliphatic heterocycles. The maximum absolute atomic E-state index is 12.2. The zero-order chi connectivity index (χ0) is 19.1. The van der Waals surface area contributed by atoms with Crippen LogP contribution in [0.15, 0.2) is 42.5 Å². The van der Waals surface area contributed by atoms with Crippen LogP contribution < -0.4 is 20.3 Å². The summed E-state index contributed by atoms with van der Waals surface area (Å²) in [4.78, 5) is 24.3. The van der Waals surface area contributed by atoms with Gasteiger partial charge in [0.15, 0.2) is 0 Å². The van der Waals surface area contributed by atoms with Crippen LogP contribution in [0.5, 0.6) is 11.5 Å². The summed E-state index contributed by atoms with van der Waals surface area (Å²) >= 11 is 2.08. The fraction of sp³-hybridized carbons (Fsp3) is 0.263. The van der Waals surface area contributed by atoms with E-state index in [0.29, 0.717) is 22.6 Å². The van der Waals surface area contributed by atoms with Gasteiger partial charge < -0.3 is 9.47 Å². The summed E-state index contributed by atoms with van der Waals surface area (Å²) in [7, 11) is 1.57. The van der Waals surface area contributed by atoms with E-state index in [9.17, 15) is 9.59 Å². The zero-order valence-corrected chi connectivity index (χ0v) is 17.0. The van der Waals surface area contributed by atoms with E-state index >= 15 is 0 Å². The van der Waals surface area contributed by atoms with Crippen molar-refractivity contribution in [3.63, 3.8) is 0 Å². The largest absolute Gasteiger partial charge is 0.496 e. The summed E-state index contributed by atoms with van der Waals surface area (Å²) in [5.41, 5.74) is 5.65. The van der Waals surface area contributed by atoms with Gasteiger partial charge in [-0.2, -0.15) is 0 Å². The van der Waals surface area contributed by atoms with E-state index in [1.54, 1.807) is 49.6 Å². The van der Waals surface area contributed by atoms with E-state index in [1.807, 2.05) is 13.8 Å². The number of hydrogen-bond acceptors (Lipinski definition) is 4. The van der Waals surface area contributed by atoms with Crippen LogP contribution in [0, 0.1) is 3.57 Å². The van der Waals surface area contributed by atoms with Crippen molar-refractivity contribution >= 4 is 34.4 Å².